The second-order valence-corrected chi connectivity index (χ2v) is 3.83. The average Bonchev–Trinajstić information content (AvgIpc) is 2.47. The summed E-state index contributed by atoms with van der Waals surface area (Å²) in [5.41, 5.74) is 0. The number of hydrogen-bond acceptors (Lipinski definition) is 2. The summed E-state index contributed by atoms with van der Waals surface area (Å²) in [6.45, 7) is 1.88. The highest BCUT2D eigenvalue weighted by Gasteiger charge is 2.26. The van der Waals surface area contributed by atoms with Gasteiger partial charge in [-0.15, -0.1) is 0 Å². The average molecular weight is 168 g/mol. The molecule has 1 saturated heterocycles. The van der Waals surface area contributed by atoms with Crippen LogP contribution in [0.15, 0.2) is 0 Å². The quantitative estimate of drug-likeness (QED) is 0.621. The van der Waals surface area contributed by atoms with Crippen molar-refractivity contribution >= 4 is 5.91 Å². The highest BCUT2D eigenvalue weighted by Crippen LogP contribution is 2.19. The summed E-state index contributed by atoms with van der Waals surface area (Å²) in [7, 11) is 0. The van der Waals surface area contributed by atoms with Crippen molar-refractivity contribution in [1.82, 2.24) is 10.6 Å². The normalized spacial score (nSPS) is 29.8. The van der Waals surface area contributed by atoms with Crippen LogP contribution in [-0.2, 0) is 4.79 Å². The van der Waals surface area contributed by atoms with Gasteiger partial charge in [0.15, 0.2) is 0 Å². The van der Waals surface area contributed by atoms with Gasteiger partial charge < -0.3 is 10.6 Å². The molecule has 0 radical (unpaired) electrons. The van der Waals surface area contributed by atoms with Gasteiger partial charge in [0.05, 0.1) is 5.92 Å². The smallest absolute Gasteiger partial charge is 0.224 e. The molecule has 1 aliphatic carbocycles. The molecule has 0 aromatic heterocycles. The first-order valence-corrected chi connectivity index (χ1v) is 4.87. The first-order chi connectivity index (χ1) is 5.86. The van der Waals surface area contributed by atoms with Crippen LogP contribution in [0.3, 0.4) is 0 Å². The van der Waals surface area contributed by atoms with Crippen molar-refractivity contribution in [2.45, 2.75) is 31.7 Å². The minimum absolute atomic E-state index is 0.241. The number of amides is 1. The van der Waals surface area contributed by atoms with Crippen molar-refractivity contribution in [3.05, 3.63) is 0 Å². The first kappa shape index (κ1) is 8.05. The Kier molecular flexibility index (Phi) is 2.30. The van der Waals surface area contributed by atoms with E-state index in [1.165, 1.54) is 19.3 Å². The third-order valence-corrected chi connectivity index (χ3v) is 2.88. The van der Waals surface area contributed by atoms with Crippen LogP contribution in [0.1, 0.15) is 25.7 Å². The van der Waals surface area contributed by atoms with Gasteiger partial charge in [0, 0.05) is 12.6 Å². The van der Waals surface area contributed by atoms with Gasteiger partial charge in [-0.2, -0.15) is 0 Å². The fourth-order valence-corrected chi connectivity index (χ4v) is 1.75. The lowest BCUT2D eigenvalue weighted by atomic mass is 9.92. The van der Waals surface area contributed by atoms with E-state index in [0.29, 0.717) is 6.04 Å². The summed E-state index contributed by atoms with van der Waals surface area (Å²) in [5.74, 6) is 0.510. The molecule has 0 spiro atoms. The van der Waals surface area contributed by atoms with Crippen molar-refractivity contribution in [3.63, 3.8) is 0 Å². The highest BCUT2D eigenvalue weighted by atomic mass is 16.2. The predicted molar refractivity (Wildman–Crippen MR) is 46.8 cm³/mol. The molecule has 1 atom stereocenters. The number of hydrogen-bond donors (Lipinski definition) is 2. The van der Waals surface area contributed by atoms with Crippen molar-refractivity contribution in [2.24, 2.45) is 5.92 Å². The van der Waals surface area contributed by atoms with Crippen molar-refractivity contribution in [3.8, 4) is 0 Å². The Hall–Kier alpha value is -0.570. The summed E-state index contributed by atoms with van der Waals surface area (Å²) in [5, 5.41) is 6.28. The maximum absolute atomic E-state index is 11.5. The van der Waals surface area contributed by atoms with Crippen LogP contribution < -0.4 is 10.6 Å². The second kappa shape index (κ2) is 3.44. The van der Waals surface area contributed by atoms with E-state index in [1.54, 1.807) is 0 Å². The molecule has 2 rings (SSSR count). The molecule has 2 fully saturated rings. The van der Waals surface area contributed by atoms with Crippen molar-refractivity contribution in [1.29, 1.82) is 0 Å². The third kappa shape index (κ3) is 1.61. The molecule has 1 unspecified atom stereocenters. The molecule has 0 aromatic carbocycles. The van der Waals surface area contributed by atoms with E-state index in [4.69, 9.17) is 0 Å². The highest BCUT2D eigenvalue weighted by molar-refractivity contribution is 5.79. The maximum Gasteiger partial charge on any atom is 0.224 e. The lowest BCUT2D eigenvalue weighted by Crippen LogP contribution is -2.43. The van der Waals surface area contributed by atoms with Crippen LogP contribution in [0.25, 0.3) is 0 Å². The molecular weight excluding hydrogens is 152 g/mol. The molecule has 0 aromatic rings. The van der Waals surface area contributed by atoms with Gasteiger partial charge in [-0.25, -0.2) is 0 Å². The summed E-state index contributed by atoms with van der Waals surface area (Å²) < 4.78 is 0. The molecule has 12 heavy (non-hydrogen) atoms. The Bertz CT molecular complexity index is 171. The van der Waals surface area contributed by atoms with Crippen molar-refractivity contribution in [2.75, 3.05) is 13.1 Å². The zero-order valence-electron chi connectivity index (χ0n) is 7.31. The number of rotatable bonds is 2. The fourth-order valence-electron chi connectivity index (χ4n) is 1.75. The summed E-state index contributed by atoms with van der Waals surface area (Å²) in [4.78, 5) is 11.5. The Morgan fingerprint density at radius 1 is 1.33 bits per heavy atom. The SMILES string of the molecule is O=C(NC1CCC1)C1CCNC1. The molecule has 1 amide bonds. The van der Waals surface area contributed by atoms with E-state index in [0.717, 1.165) is 19.5 Å². The largest absolute Gasteiger partial charge is 0.353 e. The second-order valence-electron chi connectivity index (χ2n) is 3.83. The number of carbonyl (C=O) groups is 1. The molecule has 1 saturated carbocycles. The first-order valence-electron chi connectivity index (χ1n) is 4.87. The summed E-state index contributed by atoms with van der Waals surface area (Å²) in [6.07, 6.45) is 4.67. The van der Waals surface area contributed by atoms with Crippen LogP contribution >= 0.6 is 0 Å². The summed E-state index contributed by atoms with van der Waals surface area (Å²) in [6, 6.07) is 0.498. The zero-order valence-corrected chi connectivity index (χ0v) is 7.31. The van der Waals surface area contributed by atoms with E-state index < -0.39 is 0 Å². The van der Waals surface area contributed by atoms with Gasteiger partial charge in [-0.1, -0.05) is 0 Å². The van der Waals surface area contributed by atoms with Crippen LogP contribution in [0.2, 0.25) is 0 Å². The number of nitrogens with one attached hydrogen (secondary N) is 2. The third-order valence-electron chi connectivity index (χ3n) is 2.88. The van der Waals surface area contributed by atoms with E-state index in [1.807, 2.05) is 0 Å². The molecule has 68 valence electrons. The molecule has 2 aliphatic rings. The van der Waals surface area contributed by atoms with Gasteiger partial charge >= 0.3 is 0 Å². The standard InChI is InChI=1S/C9H16N2O/c12-9(7-4-5-10-6-7)11-8-2-1-3-8/h7-8,10H,1-6H2,(H,11,12). The van der Waals surface area contributed by atoms with Crippen LogP contribution in [0.4, 0.5) is 0 Å². The predicted octanol–water partition coefficient (Wildman–Crippen LogP) is 0.265. The Morgan fingerprint density at radius 3 is 2.67 bits per heavy atom. The topological polar surface area (TPSA) is 41.1 Å². The van der Waals surface area contributed by atoms with E-state index in [-0.39, 0.29) is 11.8 Å². The van der Waals surface area contributed by atoms with E-state index >= 15 is 0 Å². The fraction of sp³-hybridized carbons (Fsp3) is 0.889. The number of carbonyl (C=O) groups excluding carboxylic acids is 1. The van der Waals surface area contributed by atoms with Crippen LogP contribution in [0, 0.1) is 5.92 Å². The summed E-state index contributed by atoms with van der Waals surface area (Å²) >= 11 is 0. The van der Waals surface area contributed by atoms with Crippen molar-refractivity contribution < 1.29 is 4.79 Å². The molecule has 3 nitrogen and oxygen atoms in total. The van der Waals surface area contributed by atoms with Gasteiger partial charge in [-0.3, -0.25) is 4.79 Å². The molecular formula is C9H16N2O. The molecule has 1 heterocycles. The Balaban J connectivity index is 1.74. The van der Waals surface area contributed by atoms with Gasteiger partial charge in [0.1, 0.15) is 0 Å². The van der Waals surface area contributed by atoms with Crippen LogP contribution in [0.5, 0.6) is 0 Å². The van der Waals surface area contributed by atoms with E-state index in [9.17, 15) is 4.79 Å². The minimum atomic E-state index is 0.241. The Labute approximate surface area is 72.9 Å². The Morgan fingerprint density at radius 2 is 2.17 bits per heavy atom. The maximum atomic E-state index is 11.5. The monoisotopic (exact) mass is 168 g/mol. The molecule has 1 aliphatic heterocycles. The van der Waals surface area contributed by atoms with Gasteiger partial charge in [-0.05, 0) is 32.2 Å². The zero-order chi connectivity index (χ0) is 8.39. The molecule has 3 heteroatoms. The van der Waals surface area contributed by atoms with Gasteiger partial charge in [0.2, 0.25) is 5.91 Å². The lowest BCUT2D eigenvalue weighted by Gasteiger charge is -2.27. The van der Waals surface area contributed by atoms with Gasteiger partial charge in [0.25, 0.3) is 0 Å². The lowest BCUT2D eigenvalue weighted by molar-refractivity contribution is -0.125. The molecule has 0 bridgehead atoms. The van der Waals surface area contributed by atoms with E-state index in [2.05, 4.69) is 10.6 Å². The van der Waals surface area contributed by atoms with Crippen LogP contribution in [-0.4, -0.2) is 25.0 Å². The minimum Gasteiger partial charge on any atom is -0.353 e. The molecule has 2 N–H and O–H groups in total.